The van der Waals surface area contributed by atoms with Crippen LogP contribution in [0.3, 0.4) is 0 Å². The first-order chi connectivity index (χ1) is 21.3. The van der Waals surface area contributed by atoms with Crippen LogP contribution in [-0.2, 0) is 22.7 Å². The third kappa shape index (κ3) is 6.26. The van der Waals surface area contributed by atoms with Crippen molar-refractivity contribution < 1.29 is 24.0 Å². The SMILES string of the molecule is CC(CCC(=O)NC=O)N1C(=O)c2cc3c(cc2C1=O)CN(CC1CCN(c2ccc(C(=O)NC4CCCC4)cc2)CC1)C3. The van der Waals surface area contributed by atoms with Gasteiger partial charge in [-0.05, 0) is 92.5 Å². The number of piperidine rings is 1. The fourth-order valence-electron chi connectivity index (χ4n) is 7.26. The molecule has 10 nitrogen and oxygen atoms in total. The summed E-state index contributed by atoms with van der Waals surface area (Å²) in [6.07, 6.45) is 7.41. The number of rotatable bonds is 10. The lowest BCUT2D eigenvalue weighted by molar-refractivity contribution is -0.125. The van der Waals surface area contributed by atoms with Gasteiger partial charge in [-0.15, -0.1) is 0 Å². The van der Waals surface area contributed by atoms with Gasteiger partial charge in [-0.3, -0.25) is 39.1 Å². The van der Waals surface area contributed by atoms with Crippen molar-refractivity contribution >= 4 is 35.7 Å². The minimum Gasteiger partial charge on any atom is -0.372 e. The predicted octanol–water partition coefficient (Wildman–Crippen LogP) is 3.63. The highest BCUT2D eigenvalue weighted by atomic mass is 16.2. The standard InChI is InChI=1S/C34H41N5O5/c1-22(6-11-31(41)35-21-40)39-33(43)29-16-25-19-37(20-26(25)17-30(29)34(39)44)18-23-12-14-38(15-13-23)28-9-7-24(8-10-28)32(42)36-27-4-2-3-5-27/h7-10,16-17,21-23,27H,2-6,11-15,18-20H2,1H3,(H,36,42)(H,35,40,41). The maximum atomic E-state index is 13.2. The summed E-state index contributed by atoms with van der Waals surface area (Å²) in [5.41, 5.74) is 4.95. The van der Waals surface area contributed by atoms with Crippen molar-refractivity contribution in [1.29, 1.82) is 0 Å². The quantitative estimate of drug-likeness (QED) is 0.316. The number of hydrogen-bond donors (Lipinski definition) is 2. The average Bonchev–Trinajstić information content (AvgIpc) is 3.74. The highest BCUT2D eigenvalue weighted by Crippen LogP contribution is 2.34. The molecule has 5 amide bonds. The molecule has 1 aliphatic carbocycles. The minimum atomic E-state index is -0.448. The molecule has 2 N–H and O–H groups in total. The van der Waals surface area contributed by atoms with Gasteiger partial charge in [0.1, 0.15) is 0 Å². The van der Waals surface area contributed by atoms with Crippen LogP contribution in [0.2, 0.25) is 0 Å². The Morgan fingerprint density at radius 3 is 2.14 bits per heavy atom. The molecule has 2 aromatic carbocycles. The Morgan fingerprint density at radius 2 is 1.55 bits per heavy atom. The van der Waals surface area contributed by atoms with E-state index in [2.05, 4.69) is 32.6 Å². The van der Waals surface area contributed by atoms with Crippen LogP contribution in [-0.4, -0.2) is 71.6 Å². The fourth-order valence-corrected chi connectivity index (χ4v) is 7.26. The molecule has 0 spiro atoms. The van der Waals surface area contributed by atoms with Gasteiger partial charge in [-0.2, -0.15) is 0 Å². The van der Waals surface area contributed by atoms with Crippen molar-refractivity contribution in [1.82, 2.24) is 20.4 Å². The van der Waals surface area contributed by atoms with Gasteiger partial charge in [0.15, 0.2) is 0 Å². The number of benzene rings is 2. The van der Waals surface area contributed by atoms with Crippen LogP contribution in [0.5, 0.6) is 0 Å². The van der Waals surface area contributed by atoms with Crippen LogP contribution in [0.25, 0.3) is 0 Å². The van der Waals surface area contributed by atoms with E-state index < -0.39 is 11.9 Å². The zero-order valence-electron chi connectivity index (χ0n) is 25.3. The Hall–Kier alpha value is -4.05. The van der Waals surface area contributed by atoms with Crippen LogP contribution in [0.15, 0.2) is 36.4 Å². The number of carbonyl (C=O) groups is 5. The Kier molecular flexibility index (Phi) is 8.79. The third-order valence-electron chi connectivity index (χ3n) is 9.79. The van der Waals surface area contributed by atoms with Crippen LogP contribution < -0.4 is 15.5 Å². The van der Waals surface area contributed by atoms with E-state index >= 15 is 0 Å². The Bertz CT molecular complexity index is 1400. The molecule has 1 saturated heterocycles. The zero-order valence-corrected chi connectivity index (χ0v) is 25.3. The maximum absolute atomic E-state index is 13.2. The molecule has 3 heterocycles. The minimum absolute atomic E-state index is 0.0254. The summed E-state index contributed by atoms with van der Waals surface area (Å²) in [5, 5.41) is 5.25. The van der Waals surface area contributed by atoms with E-state index in [4.69, 9.17) is 0 Å². The smallest absolute Gasteiger partial charge is 0.261 e. The van der Waals surface area contributed by atoms with Gasteiger partial charge in [-0.1, -0.05) is 12.8 Å². The fraction of sp³-hybridized carbons (Fsp3) is 0.500. The summed E-state index contributed by atoms with van der Waals surface area (Å²) < 4.78 is 0. The molecule has 10 heteroatoms. The maximum Gasteiger partial charge on any atom is 0.261 e. The van der Waals surface area contributed by atoms with Crippen LogP contribution >= 0.6 is 0 Å². The number of imide groups is 2. The van der Waals surface area contributed by atoms with E-state index in [0.29, 0.717) is 35.9 Å². The zero-order chi connectivity index (χ0) is 30.8. The summed E-state index contributed by atoms with van der Waals surface area (Å²) in [4.78, 5) is 67.2. The van der Waals surface area contributed by atoms with Crippen molar-refractivity contribution in [2.75, 3.05) is 24.5 Å². The second kappa shape index (κ2) is 12.9. The number of carbonyl (C=O) groups excluding carboxylic acids is 5. The van der Waals surface area contributed by atoms with Gasteiger partial charge in [0.2, 0.25) is 12.3 Å². The predicted molar refractivity (Wildman–Crippen MR) is 165 cm³/mol. The van der Waals surface area contributed by atoms with Crippen molar-refractivity contribution in [3.05, 3.63) is 64.2 Å². The van der Waals surface area contributed by atoms with E-state index in [0.717, 1.165) is 80.8 Å². The number of hydrogen-bond acceptors (Lipinski definition) is 7. The van der Waals surface area contributed by atoms with Crippen molar-refractivity contribution in [3.63, 3.8) is 0 Å². The highest BCUT2D eigenvalue weighted by molar-refractivity contribution is 6.21. The molecule has 3 aliphatic heterocycles. The summed E-state index contributed by atoms with van der Waals surface area (Å²) in [6, 6.07) is 11.6. The summed E-state index contributed by atoms with van der Waals surface area (Å²) >= 11 is 0. The summed E-state index contributed by atoms with van der Waals surface area (Å²) in [7, 11) is 0. The molecule has 4 aliphatic rings. The molecule has 2 fully saturated rings. The largest absolute Gasteiger partial charge is 0.372 e. The number of nitrogens with zero attached hydrogens (tertiary/aromatic N) is 3. The first-order valence-electron chi connectivity index (χ1n) is 16.0. The lowest BCUT2D eigenvalue weighted by Crippen LogP contribution is -2.38. The number of nitrogens with one attached hydrogen (secondary N) is 2. The highest BCUT2D eigenvalue weighted by Gasteiger charge is 2.40. The molecule has 1 saturated carbocycles. The van der Waals surface area contributed by atoms with E-state index in [1.54, 1.807) is 6.92 Å². The summed E-state index contributed by atoms with van der Waals surface area (Å²) in [6.45, 7) is 6.19. The Labute approximate surface area is 258 Å². The summed E-state index contributed by atoms with van der Waals surface area (Å²) in [5.74, 6) is -0.464. The number of amides is 5. The normalized spacial score (nSPS) is 19.7. The molecule has 1 unspecified atom stereocenters. The van der Waals surface area contributed by atoms with Gasteiger partial charge < -0.3 is 10.2 Å². The molecular weight excluding hydrogens is 558 g/mol. The molecule has 0 radical (unpaired) electrons. The molecule has 2 aromatic rings. The second-order valence-corrected chi connectivity index (χ2v) is 12.8. The topological polar surface area (TPSA) is 119 Å². The van der Waals surface area contributed by atoms with Crippen molar-refractivity contribution in [2.24, 2.45) is 5.92 Å². The van der Waals surface area contributed by atoms with Crippen LogP contribution in [0, 0.1) is 5.92 Å². The molecule has 0 aromatic heterocycles. The lowest BCUT2D eigenvalue weighted by Gasteiger charge is -2.35. The first-order valence-corrected chi connectivity index (χ1v) is 16.0. The van der Waals surface area contributed by atoms with E-state index in [9.17, 15) is 24.0 Å². The number of anilines is 1. The lowest BCUT2D eigenvalue weighted by atomic mass is 9.95. The van der Waals surface area contributed by atoms with E-state index in [1.807, 2.05) is 24.3 Å². The molecule has 44 heavy (non-hydrogen) atoms. The molecule has 0 bridgehead atoms. The van der Waals surface area contributed by atoms with Crippen LogP contribution in [0.1, 0.15) is 100 Å². The van der Waals surface area contributed by atoms with Gasteiger partial charge in [0.05, 0.1) is 11.1 Å². The van der Waals surface area contributed by atoms with Crippen molar-refractivity contribution in [2.45, 2.75) is 83.5 Å². The monoisotopic (exact) mass is 599 g/mol. The van der Waals surface area contributed by atoms with Gasteiger partial charge >= 0.3 is 0 Å². The van der Waals surface area contributed by atoms with E-state index in [-0.39, 0.29) is 24.1 Å². The number of fused-ring (bicyclic) bond motifs is 2. The molecular formula is C34H41N5O5. The molecule has 1 atom stereocenters. The van der Waals surface area contributed by atoms with Gasteiger partial charge in [0.25, 0.3) is 17.7 Å². The molecule has 232 valence electrons. The van der Waals surface area contributed by atoms with Crippen molar-refractivity contribution in [3.8, 4) is 0 Å². The van der Waals surface area contributed by atoms with Gasteiger partial charge in [-0.25, -0.2) is 0 Å². The third-order valence-corrected chi connectivity index (χ3v) is 9.79. The first kappa shape index (κ1) is 30.0. The Morgan fingerprint density at radius 1 is 0.932 bits per heavy atom. The van der Waals surface area contributed by atoms with E-state index in [1.165, 1.54) is 17.7 Å². The second-order valence-electron chi connectivity index (χ2n) is 12.8. The average molecular weight is 600 g/mol. The van der Waals surface area contributed by atoms with Crippen LogP contribution in [0.4, 0.5) is 5.69 Å². The Balaban J connectivity index is 0.989. The molecule has 6 rings (SSSR count). The van der Waals surface area contributed by atoms with Gasteiger partial charge in [0, 0.05) is 62.5 Å².